The number of halogens is 3. The lowest BCUT2D eigenvalue weighted by Gasteiger charge is -2.20. The molecule has 2 heterocycles. The number of benzene rings is 2. The van der Waals surface area contributed by atoms with E-state index in [9.17, 15) is 21.6 Å². The SMILES string of the molecule is CC(C)(C)S(=O)(=O)c1cc2c(=O)[nH]cnc2cc1Cl.CC(C)(C)S(=O)(=O)c1cc2c(Cl)ncnc2cc1Cl. The van der Waals surface area contributed by atoms with E-state index in [2.05, 4.69) is 19.9 Å². The fourth-order valence-electron chi connectivity index (χ4n) is 3.17. The highest BCUT2D eigenvalue weighted by molar-refractivity contribution is 7.93. The minimum Gasteiger partial charge on any atom is -0.313 e. The van der Waals surface area contributed by atoms with E-state index in [1.165, 1.54) is 36.9 Å². The molecule has 1 N–H and O–H groups in total. The van der Waals surface area contributed by atoms with Gasteiger partial charge in [-0.15, -0.1) is 0 Å². The molecule has 2 aromatic carbocycles. The van der Waals surface area contributed by atoms with Gasteiger partial charge in [0.1, 0.15) is 11.5 Å². The van der Waals surface area contributed by atoms with Gasteiger partial charge >= 0.3 is 0 Å². The van der Waals surface area contributed by atoms with E-state index in [-0.39, 0.29) is 30.4 Å². The Kier molecular flexibility index (Phi) is 8.23. The maximum atomic E-state index is 12.5. The van der Waals surface area contributed by atoms with Crippen LogP contribution in [0.5, 0.6) is 0 Å². The average Bonchev–Trinajstić information content (AvgIpc) is 2.77. The molecule has 0 fully saturated rings. The predicted molar refractivity (Wildman–Crippen MR) is 151 cm³/mol. The molecule has 2 aromatic heterocycles. The summed E-state index contributed by atoms with van der Waals surface area (Å²) in [7, 11) is -7.19. The Hall–Kier alpha value is -2.31. The Bertz CT molecular complexity index is 1830. The van der Waals surface area contributed by atoms with Crippen LogP contribution in [-0.4, -0.2) is 46.3 Å². The maximum absolute atomic E-state index is 12.5. The van der Waals surface area contributed by atoms with E-state index in [0.29, 0.717) is 16.4 Å². The Morgan fingerprint density at radius 3 is 1.61 bits per heavy atom. The summed E-state index contributed by atoms with van der Waals surface area (Å²) in [5, 5.41) is 1.08. The van der Waals surface area contributed by atoms with Crippen LogP contribution in [0.2, 0.25) is 15.2 Å². The smallest absolute Gasteiger partial charge is 0.258 e. The van der Waals surface area contributed by atoms with Crippen molar-refractivity contribution >= 4 is 76.3 Å². The average molecular weight is 620 g/mol. The van der Waals surface area contributed by atoms with E-state index >= 15 is 0 Å². The van der Waals surface area contributed by atoms with Gasteiger partial charge in [-0.05, 0) is 65.8 Å². The molecule has 14 heteroatoms. The molecule has 0 aliphatic carbocycles. The van der Waals surface area contributed by atoms with Crippen molar-refractivity contribution in [3.8, 4) is 0 Å². The van der Waals surface area contributed by atoms with Crippen LogP contribution in [0.4, 0.5) is 0 Å². The summed E-state index contributed by atoms with van der Waals surface area (Å²) in [6, 6.07) is 5.60. The summed E-state index contributed by atoms with van der Waals surface area (Å²) < 4.78 is 47.8. The maximum Gasteiger partial charge on any atom is 0.258 e. The second-order valence-electron chi connectivity index (χ2n) is 10.2. The van der Waals surface area contributed by atoms with E-state index in [4.69, 9.17) is 34.8 Å². The van der Waals surface area contributed by atoms with Gasteiger partial charge in [0.25, 0.3) is 5.56 Å². The first-order chi connectivity index (χ1) is 17.3. The second-order valence-corrected chi connectivity index (χ2v) is 16.7. The highest BCUT2D eigenvalue weighted by Crippen LogP contribution is 2.35. The van der Waals surface area contributed by atoms with Crippen LogP contribution in [-0.2, 0) is 19.7 Å². The van der Waals surface area contributed by atoms with Crippen LogP contribution in [0, 0.1) is 0 Å². The van der Waals surface area contributed by atoms with Crippen molar-refractivity contribution in [1.82, 2.24) is 19.9 Å². The van der Waals surface area contributed by atoms with Crippen molar-refractivity contribution in [3.05, 3.63) is 62.5 Å². The fourth-order valence-corrected chi connectivity index (χ4v) is 6.78. The molecule has 0 aliphatic rings. The van der Waals surface area contributed by atoms with Crippen LogP contribution in [0.1, 0.15) is 41.5 Å². The van der Waals surface area contributed by atoms with Crippen molar-refractivity contribution in [3.63, 3.8) is 0 Å². The minimum absolute atomic E-state index is 0.0471. The topological polar surface area (TPSA) is 140 Å². The molecule has 0 aliphatic heterocycles. The summed E-state index contributed by atoms with van der Waals surface area (Å²) in [5.41, 5.74) is 0.478. The number of nitrogens with zero attached hydrogens (tertiary/aromatic N) is 3. The Labute approximate surface area is 235 Å². The number of hydrogen-bond donors (Lipinski definition) is 1. The zero-order chi connectivity index (χ0) is 28.8. The van der Waals surface area contributed by atoms with Crippen LogP contribution in [0.25, 0.3) is 21.8 Å². The van der Waals surface area contributed by atoms with Crippen molar-refractivity contribution in [2.24, 2.45) is 0 Å². The van der Waals surface area contributed by atoms with Crippen molar-refractivity contribution in [2.75, 3.05) is 0 Å². The lowest BCUT2D eigenvalue weighted by molar-refractivity contribution is 0.559. The largest absolute Gasteiger partial charge is 0.313 e. The highest BCUT2D eigenvalue weighted by Gasteiger charge is 2.34. The number of rotatable bonds is 2. The molecule has 0 spiro atoms. The number of aromatic amines is 1. The summed E-state index contributed by atoms with van der Waals surface area (Å²) in [6.07, 6.45) is 2.55. The Morgan fingerprint density at radius 1 is 0.684 bits per heavy atom. The number of aromatic nitrogens is 4. The summed E-state index contributed by atoms with van der Waals surface area (Å²) in [5.74, 6) is 0. The molecule has 4 rings (SSSR count). The summed E-state index contributed by atoms with van der Waals surface area (Å²) in [6.45, 7) is 9.59. The molecule has 4 aromatic rings. The van der Waals surface area contributed by atoms with E-state index in [1.807, 2.05) is 0 Å². The third-order valence-corrected chi connectivity index (χ3v) is 11.7. The molecule has 0 unspecified atom stereocenters. The molecule has 0 radical (unpaired) electrons. The normalized spacial score (nSPS) is 12.9. The van der Waals surface area contributed by atoms with Gasteiger partial charge in [0.05, 0.1) is 52.1 Å². The third-order valence-electron chi connectivity index (χ3n) is 5.53. The number of nitrogens with one attached hydrogen (secondary N) is 1. The van der Waals surface area contributed by atoms with Gasteiger partial charge in [-0.25, -0.2) is 31.8 Å². The first-order valence-corrected chi connectivity index (χ1v) is 15.1. The van der Waals surface area contributed by atoms with Crippen LogP contribution in [0.15, 0.2) is 51.5 Å². The molecule has 38 heavy (non-hydrogen) atoms. The lowest BCUT2D eigenvalue weighted by Crippen LogP contribution is -2.28. The van der Waals surface area contributed by atoms with Gasteiger partial charge < -0.3 is 4.98 Å². The third kappa shape index (κ3) is 5.67. The van der Waals surface area contributed by atoms with E-state index in [1.54, 1.807) is 41.5 Å². The number of H-pyrrole nitrogens is 1. The number of sulfone groups is 2. The van der Waals surface area contributed by atoms with Gasteiger partial charge in [-0.3, -0.25) is 4.79 Å². The van der Waals surface area contributed by atoms with Crippen LogP contribution in [0.3, 0.4) is 0 Å². The molecule has 0 bridgehead atoms. The lowest BCUT2D eigenvalue weighted by atomic mass is 10.2. The van der Waals surface area contributed by atoms with E-state index in [0.717, 1.165) is 0 Å². The molecule has 0 atom stereocenters. The molecule has 0 saturated carbocycles. The Morgan fingerprint density at radius 2 is 1.13 bits per heavy atom. The second kappa shape index (κ2) is 10.3. The molecule has 9 nitrogen and oxygen atoms in total. The summed E-state index contributed by atoms with van der Waals surface area (Å²) >= 11 is 18.0. The first-order valence-electron chi connectivity index (χ1n) is 11.0. The van der Waals surface area contributed by atoms with Gasteiger partial charge in [-0.2, -0.15) is 0 Å². The highest BCUT2D eigenvalue weighted by atomic mass is 35.5. The monoisotopic (exact) mass is 618 g/mol. The zero-order valence-corrected chi connectivity index (χ0v) is 25.2. The van der Waals surface area contributed by atoms with Gasteiger partial charge in [0, 0.05) is 5.39 Å². The zero-order valence-electron chi connectivity index (χ0n) is 21.3. The summed E-state index contributed by atoms with van der Waals surface area (Å²) in [4.78, 5) is 25.9. The minimum atomic E-state index is -3.63. The molecular formula is C24H25Cl3N4O5S2. The first kappa shape index (κ1) is 30.2. The van der Waals surface area contributed by atoms with Crippen molar-refractivity contribution < 1.29 is 16.8 Å². The predicted octanol–water partition coefficient (Wildman–Crippen LogP) is 5.66. The van der Waals surface area contributed by atoms with Gasteiger partial charge in [0.2, 0.25) is 0 Å². The molecule has 204 valence electrons. The molecule has 0 saturated heterocycles. The van der Waals surface area contributed by atoms with Crippen molar-refractivity contribution in [2.45, 2.75) is 60.8 Å². The molecular weight excluding hydrogens is 595 g/mol. The fraction of sp³-hybridized carbons (Fsp3) is 0.333. The van der Waals surface area contributed by atoms with E-state index < -0.39 is 34.7 Å². The number of fused-ring (bicyclic) bond motifs is 2. The Balaban J connectivity index is 0.000000211. The quantitative estimate of drug-likeness (QED) is 0.284. The van der Waals surface area contributed by atoms with Gasteiger partial charge in [0.15, 0.2) is 19.7 Å². The van der Waals surface area contributed by atoms with Crippen LogP contribution >= 0.6 is 34.8 Å². The van der Waals surface area contributed by atoms with Crippen molar-refractivity contribution in [1.29, 1.82) is 0 Å². The molecule has 0 amide bonds. The standard InChI is InChI=1S/C12H12Cl2N2O2S.C12H13ClN2O3S/c1-12(2,3)19(17,18)10-4-7-9(5-8(10)13)15-6-16-11(7)14;1-12(2,3)19(17,18)10-4-7-9(5-8(10)13)14-6-15-11(7)16/h4-6H,1-3H3;4-6H,1-3H3,(H,14,15,16). The van der Waals surface area contributed by atoms with Crippen LogP contribution < -0.4 is 5.56 Å². The number of hydrogen-bond acceptors (Lipinski definition) is 8. The van der Waals surface area contributed by atoms with Gasteiger partial charge in [-0.1, -0.05) is 34.8 Å².